The van der Waals surface area contributed by atoms with E-state index in [1.165, 1.54) is 0 Å². The second kappa shape index (κ2) is 31.7. The largest absolute Gasteiger partial charge is 0.481 e. The second-order valence-corrected chi connectivity index (χ2v) is 18.0. The maximum Gasteiger partial charge on any atom is 0.322 e. The van der Waals surface area contributed by atoms with E-state index < -0.39 is 134 Å². The minimum absolute atomic E-state index is 0.0473. The molecule has 0 fully saturated rings. The molecule has 0 spiro atoms. The first-order valence-electron chi connectivity index (χ1n) is 23.0. The van der Waals surface area contributed by atoms with Gasteiger partial charge in [0.2, 0.25) is 47.3 Å². The highest BCUT2D eigenvalue weighted by atomic mass is 16.4. The fourth-order valence-corrected chi connectivity index (χ4v) is 6.81. The van der Waals surface area contributed by atoms with Crippen LogP contribution >= 0.6 is 0 Å². The van der Waals surface area contributed by atoms with Crippen molar-refractivity contribution in [2.75, 3.05) is 26.3 Å². The van der Waals surface area contributed by atoms with Gasteiger partial charge in [-0.15, -0.1) is 0 Å². The van der Waals surface area contributed by atoms with Crippen LogP contribution in [0.2, 0.25) is 0 Å². The van der Waals surface area contributed by atoms with E-state index in [2.05, 4.69) is 42.5 Å². The molecule has 0 saturated heterocycles. The average molecular weight is 979 g/mol. The summed E-state index contributed by atoms with van der Waals surface area (Å²) in [5.74, 6) is -10.8. The SMILES string of the molecule is CC(C)C[C@H](NC(=O)[C@H](CO)NC(=O)[C@H](CCCCN)NC(=O)[C@H](CC(=O)O)NC(=O)[C@H](CC(C)C)NC(=O)[C@H](Cc1ccccc1)NC(=O)[C@H](CO)NC(=O)[C@@H](N)CC(C)C)C(=O)NCC(=O)O. The van der Waals surface area contributed by atoms with Gasteiger partial charge in [0, 0.05) is 6.42 Å². The summed E-state index contributed by atoms with van der Waals surface area (Å²) in [5, 5.41) is 58.0. The smallest absolute Gasteiger partial charge is 0.322 e. The molecule has 1 aromatic carbocycles. The molecule has 0 aliphatic rings. The summed E-state index contributed by atoms with van der Waals surface area (Å²) in [6.45, 7) is 8.24. The number of nitrogens with one attached hydrogen (secondary N) is 8. The highest BCUT2D eigenvalue weighted by Crippen LogP contribution is 2.11. The topological polar surface area (TPSA) is 400 Å². The van der Waals surface area contributed by atoms with Gasteiger partial charge in [0.05, 0.1) is 25.7 Å². The molecule has 1 aromatic rings. The Kier molecular flexibility index (Phi) is 28.0. The van der Waals surface area contributed by atoms with Gasteiger partial charge in [0.1, 0.15) is 48.8 Å². The molecule has 24 nitrogen and oxygen atoms in total. The number of carbonyl (C=O) groups excluding carboxylic acids is 8. The van der Waals surface area contributed by atoms with E-state index in [-0.39, 0.29) is 62.8 Å². The number of unbranched alkanes of at least 4 members (excludes halogenated alkanes) is 1. The van der Waals surface area contributed by atoms with Crippen molar-refractivity contribution in [1.82, 2.24) is 42.5 Å². The molecule has 8 amide bonds. The van der Waals surface area contributed by atoms with Gasteiger partial charge in [-0.25, -0.2) is 0 Å². The van der Waals surface area contributed by atoms with Gasteiger partial charge < -0.3 is 74.4 Å². The summed E-state index contributed by atoms with van der Waals surface area (Å²) >= 11 is 0. The van der Waals surface area contributed by atoms with Crippen LogP contribution < -0.4 is 54.0 Å². The predicted octanol–water partition coefficient (Wildman–Crippen LogP) is -3.12. The molecule has 16 N–H and O–H groups in total. The standard InChI is InChI=1S/C45H74N10O14/c1-24(2)16-28(47)38(62)54-34(22-56)44(68)52-32(19-27-12-8-7-9-13-27)42(66)51-31(18-26(5)6)41(65)53-33(20-36(58)59)43(67)49-29(14-10-11-15-46)40(64)55-35(23-57)45(69)50-30(17-25(3)4)39(63)48-21-37(60)61/h7-9,12-13,24-26,28-35,56-57H,10-11,14-23,46-47H2,1-6H3,(H,48,63)(H,49,67)(H,50,69)(H,51,66)(H,52,68)(H,53,65)(H,54,62)(H,55,64)(H,58,59)(H,60,61)/t28-,29-,30-,31-,32-,33-,34-,35-/m0/s1. The molecule has 0 heterocycles. The lowest BCUT2D eigenvalue weighted by Crippen LogP contribution is -2.61. The first kappa shape index (κ1) is 60.8. The highest BCUT2D eigenvalue weighted by Gasteiger charge is 2.35. The maximum atomic E-state index is 14.0. The van der Waals surface area contributed by atoms with Crippen molar-refractivity contribution in [1.29, 1.82) is 0 Å². The third kappa shape index (κ3) is 24.1. The number of aliphatic hydroxyl groups excluding tert-OH is 2. The van der Waals surface area contributed by atoms with Gasteiger partial charge in [-0.2, -0.15) is 0 Å². The van der Waals surface area contributed by atoms with E-state index in [0.717, 1.165) is 0 Å². The van der Waals surface area contributed by atoms with Gasteiger partial charge in [0.15, 0.2) is 0 Å². The normalized spacial score (nSPS) is 14.7. The molecule has 0 aliphatic carbocycles. The van der Waals surface area contributed by atoms with Crippen molar-refractivity contribution < 1.29 is 68.4 Å². The zero-order chi connectivity index (χ0) is 52.4. The maximum absolute atomic E-state index is 14.0. The Balaban J connectivity index is 3.42. The van der Waals surface area contributed by atoms with E-state index in [4.69, 9.17) is 16.6 Å². The number of benzene rings is 1. The van der Waals surface area contributed by atoms with Crippen molar-refractivity contribution in [3.63, 3.8) is 0 Å². The van der Waals surface area contributed by atoms with Crippen molar-refractivity contribution >= 4 is 59.2 Å². The minimum atomic E-state index is -1.85. The Labute approximate surface area is 402 Å². The number of hydrogen-bond acceptors (Lipinski definition) is 14. The summed E-state index contributed by atoms with van der Waals surface area (Å²) in [4.78, 5) is 131. The Hall–Kier alpha value is -6.24. The summed E-state index contributed by atoms with van der Waals surface area (Å²) in [6, 6.07) is -3.14. The molecule has 0 bridgehead atoms. The van der Waals surface area contributed by atoms with Crippen LogP contribution in [0.4, 0.5) is 0 Å². The first-order valence-corrected chi connectivity index (χ1v) is 23.0. The molecule has 0 aliphatic heterocycles. The van der Waals surface area contributed by atoms with E-state index >= 15 is 0 Å². The lowest BCUT2D eigenvalue weighted by atomic mass is 10.00. The van der Waals surface area contributed by atoms with Gasteiger partial charge in [0.25, 0.3) is 0 Å². The summed E-state index contributed by atoms with van der Waals surface area (Å²) < 4.78 is 0. The van der Waals surface area contributed by atoms with E-state index in [9.17, 15) is 63.3 Å². The molecule has 0 unspecified atom stereocenters. The fourth-order valence-electron chi connectivity index (χ4n) is 6.81. The van der Waals surface area contributed by atoms with Crippen LogP contribution in [-0.2, 0) is 54.4 Å². The van der Waals surface area contributed by atoms with Crippen LogP contribution in [0.15, 0.2) is 30.3 Å². The summed E-state index contributed by atoms with van der Waals surface area (Å²) in [7, 11) is 0. The monoisotopic (exact) mass is 979 g/mol. The molecule has 0 saturated carbocycles. The Morgan fingerprint density at radius 3 is 1.38 bits per heavy atom. The van der Waals surface area contributed by atoms with E-state index in [1.54, 1.807) is 58.0 Å². The lowest BCUT2D eigenvalue weighted by molar-refractivity contribution is -0.142. The molecular weight excluding hydrogens is 905 g/mol. The zero-order valence-corrected chi connectivity index (χ0v) is 40.2. The van der Waals surface area contributed by atoms with Crippen molar-refractivity contribution in [2.45, 2.75) is 141 Å². The quantitative estimate of drug-likeness (QED) is 0.0310. The summed E-state index contributed by atoms with van der Waals surface area (Å²) in [5.41, 5.74) is 12.2. The molecule has 0 radical (unpaired) electrons. The number of hydrogen-bond donors (Lipinski definition) is 14. The summed E-state index contributed by atoms with van der Waals surface area (Å²) in [6.07, 6.45) is -0.328. The highest BCUT2D eigenvalue weighted by molar-refractivity contribution is 5.98. The second-order valence-electron chi connectivity index (χ2n) is 18.0. The Morgan fingerprint density at radius 2 is 0.899 bits per heavy atom. The molecule has 24 heteroatoms. The van der Waals surface area contributed by atoms with E-state index in [1.807, 2.05) is 13.8 Å². The zero-order valence-electron chi connectivity index (χ0n) is 40.2. The lowest BCUT2D eigenvalue weighted by Gasteiger charge is -2.28. The molecule has 388 valence electrons. The molecule has 0 aromatic heterocycles. The van der Waals surface area contributed by atoms with Crippen molar-refractivity contribution in [3.05, 3.63) is 35.9 Å². The number of aliphatic carboxylic acids is 2. The van der Waals surface area contributed by atoms with Crippen LogP contribution in [0.25, 0.3) is 0 Å². The van der Waals surface area contributed by atoms with Crippen molar-refractivity contribution in [2.24, 2.45) is 29.2 Å². The molecule has 8 atom stereocenters. The third-order valence-electron chi connectivity index (χ3n) is 10.3. The molecule has 69 heavy (non-hydrogen) atoms. The Morgan fingerprint density at radius 1 is 0.493 bits per heavy atom. The van der Waals surface area contributed by atoms with Crippen LogP contribution in [0.5, 0.6) is 0 Å². The number of rotatable bonds is 33. The first-order chi connectivity index (χ1) is 32.4. The van der Waals surface area contributed by atoms with Crippen LogP contribution in [0.1, 0.15) is 92.1 Å². The van der Waals surface area contributed by atoms with Crippen molar-refractivity contribution in [3.8, 4) is 0 Å². The predicted molar refractivity (Wildman–Crippen MR) is 250 cm³/mol. The number of nitrogens with two attached hydrogens (primary N) is 2. The third-order valence-corrected chi connectivity index (χ3v) is 10.3. The molecule has 1 rings (SSSR count). The van der Waals surface area contributed by atoms with Gasteiger partial charge >= 0.3 is 11.9 Å². The van der Waals surface area contributed by atoms with Crippen LogP contribution in [0, 0.1) is 17.8 Å². The van der Waals surface area contributed by atoms with Crippen LogP contribution in [-0.4, -0.2) is 154 Å². The van der Waals surface area contributed by atoms with Gasteiger partial charge in [-0.05, 0) is 68.4 Å². The van der Waals surface area contributed by atoms with Gasteiger partial charge in [-0.1, -0.05) is 71.9 Å². The Bertz CT molecular complexity index is 1870. The number of aliphatic hydroxyl groups is 2. The molecular formula is C45H74N10O14. The van der Waals surface area contributed by atoms with Crippen LogP contribution in [0.3, 0.4) is 0 Å². The van der Waals surface area contributed by atoms with E-state index in [0.29, 0.717) is 12.0 Å². The number of carbonyl (C=O) groups is 10. The van der Waals surface area contributed by atoms with Gasteiger partial charge in [-0.3, -0.25) is 47.9 Å². The number of carboxylic acid groups (broad SMARTS) is 2. The minimum Gasteiger partial charge on any atom is -0.481 e. The number of amides is 8. The fraction of sp³-hybridized carbons (Fsp3) is 0.644. The number of carboxylic acids is 2. The average Bonchev–Trinajstić information content (AvgIpc) is 3.27.